The summed E-state index contributed by atoms with van der Waals surface area (Å²) >= 11 is 0. The fourth-order valence-electron chi connectivity index (χ4n) is 1.53. The van der Waals surface area contributed by atoms with Gasteiger partial charge in [-0.1, -0.05) is 0 Å². The number of nitrogens with zero attached hydrogens (tertiary/aromatic N) is 4. The van der Waals surface area contributed by atoms with Gasteiger partial charge in [0.2, 0.25) is 0 Å². The van der Waals surface area contributed by atoms with Gasteiger partial charge in [0.15, 0.2) is 11.5 Å². The lowest BCUT2D eigenvalue weighted by molar-refractivity contribution is 0.0926. The van der Waals surface area contributed by atoms with Gasteiger partial charge in [-0.3, -0.25) is 9.48 Å². The van der Waals surface area contributed by atoms with Crippen LogP contribution in [0, 0.1) is 11.6 Å². The van der Waals surface area contributed by atoms with E-state index in [1.807, 2.05) is 0 Å². The summed E-state index contributed by atoms with van der Waals surface area (Å²) in [5, 5.41) is 6.42. The summed E-state index contributed by atoms with van der Waals surface area (Å²) in [6.45, 7) is 2.11. The molecule has 8 heteroatoms. The molecule has 0 spiro atoms. The lowest BCUT2D eigenvalue weighted by Crippen LogP contribution is -2.36. The zero-order chi connectivity index (χ0) is 13.8. The van der Waals surface area contributed by atoms with Crippen molar-refractivity contribution < 1.29 is 13.6 Å². The molecule has 0 saturated heterocycles. The van der Waals surface area contributed by atoms with E-state index in [0.29, 0.717) is 12.6 Å². The van der Waals surface area contributed by atoms with Crippen molar-refractivity contribution in [3.05, 3.63) is 42.2 Å². The van der Waals surface area contributed by atoms with E-state index in [1.54, 1.807) is 6.92 Å². The second-order valence-electron chi connectivity index (χ2n) is 3.98. The number of aromatic nitrogens is 4. The van der Waals surface area contributed by atoms with E-state index < -0.39 is 23.2 Å². The summed E-state index contributed by atoms with van der Waals surface area (Å²) in [4.78, 5) is 18.9. The number of rotatable bonds is 4. The predicted octanol–water partition coefficient (Wildman–Crippen LogP) is 0.770. The lowest BCUT2D eigenvalue weighted by Gasteiger charge is -2.13. The zero-order valence-electron chi connectivity index (χ0n) is 10.0. The average Bonchev–Trinajstić information content (AvgIpc) is 2.81. The Balaban J connectivity index is 2.00. The number of carbonyl (C=O) groups is 1. The fourth-order valence-corrected chi connectivity index (χ4v) is 1.53. The van der Waals surface area contributed by atoms with Crippen LogP contribution in [0.2, 0.25) is 0 Å². The number of hydrogen-bond donors (Lipinski definition) is 1. The number of amides is 1. The smallest absolute Gasteiger partial charge is 0.273 e. The van der Waals surface area contributed by atoms with E-state index in [1.165, 1.54) is 17.3 Å². The first-order valence-electron chi connectivity index (χ1n) is 5.50. The summed E-state index contributed by atoms with van der Waals surface area (Å²) in [7, 11) is 0. The maximum absolute atomic E-state index is 13.3. The minimum absolute atomic E-state index is 0.305. The molecule has 6 nitrogen and oxygen atoms in total. The van der Waals surface area contributed by atoms with Crippen LogP contribution in [0.15, 0.2) is 24.9 Å². The Morgan fingerprint density at radius 1 is 1.53 bits per heavy atom. The van der Waals surface area contributed by atoms with Crippen molar-refractivity contribution in [2.45, 2.75) is 19.5 Å². The standard InChI is InChI=1S/C11H11F2N5O/c1-7(4-18-6-14-5-16-18)17-11(19)10-9(13)2-8(12)3-15-10/h2-3,5-7H,4H2,1H3,(H,17,19). The third kappa shape index (κ3) is 3.30. The molecule has 0 aliphatic rings. The Bertz CT molecular complexity index is 572. The van der Waals surface area contributed by atoms with Crippen molar-refractivity contribution in [3.8, 4) is 0 Å². The second kappa shape index (κ2) is 5.51. The molecule has 0 aliphatic carbocycles. The van der Waals surface area contributed by atoms with Crippen molar-refractivity contribution in [1.29, 1.82) is 0 Å². The molecule has 0 saturated carbocycles. The largest absolute Gasteiger partial charge is 0.346 e. The lowest BCUT2D eigenvalue weighted by atomic mass is 10.2. The highest BCUT2D eigenvalue weighted by atomic mass is 19.1. The van der Waals surface area contributed by atoms with Crippen LogP contribution in [0.1, 0.15) is 17.4 Å². The predicted molar refractivity (Wildman–Crippen MR) is 61.1 cm³/mol. The third-order valence-corrected chi connectivity index (χ3v) is 2.33. The Labute approximate surface area is 107 Å². The Kier molecular flexibility index (Phi) is 3.79. The molecule has 2 aromatic rings. The van der Waals surface area contributed by atoms with E-state index in [9.17, 15) is 13.6 Å². The van der Waals surface area contributed by atoms with Gasteiger partial charge in [0.05, 0.1) is 12.7 Å². The molecule has 2 heterocycles. The molecule has 0 fully saturated rings. The van der Waals surface area contributed by atoms with Gasteiger partial charge in [-0.15, -0.1) is 0 Å². The SMILES string of the molecule is CC(Cn1cncn1)NC(=O)c1ncc(F)cc1F. The van der Waals surface area contributed by atoms with Gasteiger partial charge in [-0.05, 0) is 6.92 Å². The molecule has 1 unspecified atom stereocenters. The Morgan fingerprint density at radius 2 is 2.32 bits per heavy atom. The van der Waals surface area contributed by atoms with Crippen LogP contribution in [-0.4, -0.2) is 31.7 Å². The van der Waals surface area contributed by atoms with Gasteiger partial charge in [-0.25, -0.2) is 18.7 Å². The van der Waals surface area contributed by atoms with Crippen LogP contribution in [0.3, 0.4) is 0 Å². The summed E-state index contributed by atoms with van der Waals surface area (Å²) in [5.74, 6) is -2.53. The molecule has 0 bridgehead atoms. The van der Waals surface area contributed by atoms with Crippen LogP contribution in [0.4, 0.5) is 8.78 Å². The molecule has 0 aliphatic heterocycles. The molecular weight excluding hydrogens is 256 g/mol. The van der Waals surface area contributed by atoms with E-state index in [0.717, 1.165) is 6.20 Å². The molecule has 2 rings (SSSR count). The maximum Gasteiger partial charge on any atom is 0.273 e. The number of carbonyl (C=O) groups excluding carboxylic acids is 1. The quantitative estimate of drug-likeness (QED) is 0.888. The number of nitrogens with one attached hydrogen (secondary N) is 1. The summed E-state index contributed by atoms with van der Waals surface area (Å²) in [6, 6.07) is 0.310. The molecule has 0 aromatic carbocycles. The Hall–Kier alpha value is -2.38. The molecular formula is C11H11F2N5O. The number of halogens is 2. The van der Waals surface area contributed by atoms with Crippen LogP contribution in [0.5, 0.6) is 0 Å². The minimum atomic E-state index is -0.995. The summed E-state index contributed by atoms with van der Waals surface area (Å²) in [5.41, 5.74) is -0.438. The van der Waals surface area contributed by atoms with Gasteiger partial charge >= 0.3 is 0 Å². The number of pyridine rings is 1. The topological polar surface area (TPSA) is 72.7 Å². The van der Waals surface area contributed by atoms with Gasteiger partial charge < -0.3 is 5.32 Å². The zero-order valence-corrected chi connectivity index (χ0v) is 10.0. The minimum Gasteiger partial charge on any atom is -0.346 e. The van der Waals surface area contributed by atoms with Crippen LogP contribution >= 0.6 is 0 Å². The fraction of sp³-hybridized carbons (Fsp3) is 0.273. The first kappa shape index (κ1) is 13.1. The first-order valence-corrected chi connectivity index (χ1v) is 5.50. The summed E-state index contributed by atoms with van der Waals surface area (Å²) in [6.07, 6.45) is 3.66. The molecule has 19 heavy (non-hydrogen) atoms. The van der Waals surface area contributed by atoms with Gasteiger partial charge in [-0.2, -0.15) is 5.10 Å². The Morgan fingerprint density at radius 3 is 2.95 bits per heavy atom. The third-order valence-electron chi connectivity index (χ3n) is 2.33. The van der Waals surface area contributed by atoms with Crippen LogP contribution in [-0.2, 0) is 6.54 Å². The normalized spacial score (nSPS) is 12.2. The average molecular weight is 267 g/mol. The van der Waals surface area contributed by atoms with Gasteiger partial charge in [0.25, 0.3) is 5.91 Å². The molecule has 1 atom stereocenters. The van der Waals surface area contributed by atoms with Crippen molar-refractivity contribution in [1.82, 2.24) is 25.1 Å². The van der Waals surface area contributed by atoms with Crippen molar-refractivity contribution in [2.24, 2.45) is 0 Å². The van der Waals surface area contributed by atoms with E-state index in [-0.39, 0.29) is 6.04 Å². The number of hydrogen-bond acceptors (Lipinski definition) is 4. The molecule has 2 aromatic heterocycles. The first-order chi connectivity index (χ1) is 9.06. The van der Waals surface area contributed by atoms with Gasteiger partial charge in [0.1, 0.15) is 18.5 Å². The monoisotopic (exact) mass is 267 g/mol. The van der Waals surface area contributed by atoms with Crippen molar-refractivity contribution in [2.75, 3.05) is 0 Å². The van der Waals surface area contributed by atoms with Gasteiger partial charge in [0, 0.05) is 12.1 Å². The van der Waals surface area contributed by atoms with Crippen LogP contribution < -0.4 is 5.32 Å². The second-order valence-corrected chi connectivity index (χ2v) is 3.98. The van der Waals surface area contributed by atoms with E-state index in [4.69, 9.17) is 0 Å². The molecule has 100 valence electrons. The van der Waals surface area contributed by atoms with E-state index >= 15 is 0 Å². The van der Waals surface area contributed by atoms with E-state index in [2.05, 4.69) is 20.4 Å². The highest BCUT2D eigenvalue weighted by molar-refractivity contribution is 5.92. The highest BCUT2D eigenvalue weighted by Crippen LogP contribution is 2.06. The van der Waals surface area contributed by atoms with Crippen LogP contribution in [0.25, 0.3) is 0 Å². The molecule has 0 radical (unpaired) electrons. The maximum atomic E-state index is 13.3. The highest BCUT2D eigenvalue weighted by Gasteiger charge is 2.16. The van der Waals surface area contributed by atoms with Crippen molar-refractivity contribution in [3.63, 3.8) is 0 Å². The molecule has 1 N–H and O–H groups in total. The van der Waals surface area contributed by atoms with Crippen molar-refractivity contribution >= 4 is 5.91 Å². The summed E-state index contributed by atoms with van der Waals surface area (Å²) < 4.78 is 27.5. The molecule has 1 amide bonds.